The Morgan fingerprint density at radius 3 is 2.81 bits per heavy atom. The van der Waals surface area contributed by atoms with Gasteiger partial charge in [0.05, 0.1) is 19.0 Å². The molecule has 7 heteroatoms. The van der Waals surface area contributed by atoms with Crippen molar-refractivity contribution in [2.45, 2.75) is 38.8 Å². The van der Waals surface area contributed by atoms with E-state index in [9.17, 15) is 9.59 Å². The number of amides is 2. The lowest BCUT2D eigenvalue weighted by molar-refractivity contribution is -0.139. The molecule has 0 unspecified atom stereocenters. The zero-order valence-electron chi connectivity index (χ0n) is 15.7. The lowest BCUT2D eigenvalue weighted by Gasteiger charge is -2.35. The first kappa shape index (κ1) is 18.9. The summed E-state index contributed by atoms with van der Waals surface area (Å²) in [5.74, 6) is 2.10. The van der Waals surface area contributed by atoms with E-state index < -0.39 is 6.04 Å². The molecule has 7 nitrogen and oxygen atoms in total. The van der Waals surface area contributed by atoms with E-state index in [-0.39, 0.29) is 18.2 Å². The van der Waals surface area contributed by atoms with E-state index in [2.05, 4.69) is 5.32 Å². The predicted octanol–water partition coefficient (Wildman–Crippen LogP) is 1.16. The molecule has 0 radical (unpaired) electrons. The molecule has 0 saturated carbocycles. The molecule has 2 saturated heterocycles. The van der Waals surface area contributed by atoms with Crippen molar-refractivity contribution in [3.8, 4) is 0 Å². The molecule has 1 atom stereocenters. The number of nitrogens with zero attached hydrogens (tertiary/aromatic N) is 2. The third-order valence-electron chi connectivity index (χ3n) is 5.26. The van der Waals surface area contributed by atoms with Crippen molar-refractivity contribution in [3.63, 3.8) is 0 Å². The van der Waals surface area contributed by atoms with Gasteiger partial charge in [-0.05, 0) is 37.8 Å². The number of piperazine rings is 1. The van der Waals surface area contributed by atoms with Crippen LogP contribution in [0.25, 0.3) is 0 Å². The van der Waals surface area contributed by atoms with Crippen LogP contribution < -0.4 is 5.32 Å². The Morgan fingerprint density at radius 1 is 1.35 bits per heavy atom. The Kier molecular flexibility index (Phi) is 6.32. The van der Waals surface area contributed by atoms with Gasteiger partial charge >= 0.3 is 0 Å². The van der Waals surface area contributed by atoms with E-state index >= 15 is 0 Å². The summed E-state index contributed by atoms with van der Waals surface area (Å²) in [5, 5.41) is 2.88. The van der Waals surface area contributed by atoms with E-state index in [0.717, 1.165) is 44.1 Å². The molecule has 0 bridgehead atoms. The van der Waals surface area contributed by atoms with Gasteiger partial charge in [-0.1, -0.05) is 0 Å². The maximum absolute atomic E-state index is 12.7. The number of aryl methyl sites for hydroxylation is 1. The molecule has 0 aliphatic carbocycles. The van der Waals surface area contributed by atoms with Crippen molar-refractivity contribution < 1.29 is 18.7 Å². The van der Waals surface area contributed by atoms with E-state index in [4.69, 9.17) is 9.15 Å². The smallest absolute Gasteiger partial charge is 0.237 e. The Hall–Kier alpha value is -1.86. The second-order valence-corrected chi connectivity index (χ2v) is 7.32. The van der Waals surface area contributed by atoms with Gasteiger partial charge in [-0.2, -0.15) is 0 Å². The van der Waals surface area contributed by atoms with Crippen LogP contribution in [0.15, 0.2) is 16.5 Å². The molecule has 1 aromatic heterocycles. The summed E-state index contributed by atoms with van der Waals surface area (Å²) in [5.41, 5.74) is 0. The third kappa shape index (κ3) is 4.86. The molecule has 3 rings (SSSR count). The lowest BCUT2D eigenvalue weighted by Crippen LogP contribution is -2.56. The maximum atomic E-state index is 12.7. The number of carbonyl (C=O) groups is 2. The zero-order valence-corrected chi connectivity index (χ0v) is 15.7. The van der Waals surface area contributed by atoms with E-state index in [1.54, 1.807) is 4.90 Å². The first-order valence-corrected chi connectivity index (χ1v) is 9.41. The van der Waals surface area contributed by atoms with Crippen LogP contribution in [0.2, 0.25) is 0 Å². The number of nitrogens with one attached hydrogen (secondary N) is 1. The Labute approximate surface area is 154 Å². The van der Waals surface area contributed by atoms with Gasteiger partial charge in [0, 0.05) is 39.9 Å². The SMILES string of the molecule is Cc1ccc(CN2CCNC(=O)[C@H]2CC(=O)N(C)CC2CCOCC2)o1. The van der Waals surface area contributed by atoms with Gasteiger partial charge in [0.25, 0.3) is 0 Å². The molecular formula is C19H29N3O4. The largest absolute Gasteiger partial charge is 0.465 e. The Bertz CT molecular complexity index is 624. The second-order valence-electron chi connectivity index (χ2n) is 7.32. The summed E-state index contributed by atoms with van der Waals surface area (Å²) in [7, 11) is 1.83. The van der Waals surface area contributed by atoms with Crippen molar-refractivity contribution in [2.75, 3.05) is 39.9 Å². The number of carbonyl (C=O) groups excluding carboxylic acids is 2. The summed E-state index contributed by atoms with van der Waals surface area (Å²) in [6, 6.07) is 3.40. The summed E-state index contributed by atoms with van der Waals surface area (Å²) < 4.78 is 11.0. The molecule has 144 valence electrons. The van der Waals surface area contributed by atoms with Crippen LogP contribution in [-0.4, -0.2) is 67.6 Å². The Balaban J connectivity index is 1.58. The van der Waals surface area contributed by atoms with Gasteiger partial charge in [0.2, 0.25) is 11.8 Å². The quantitative estimate of drug-likeness (QED) is 0.821. The molecule has 1 N–H and O–H groups in total. The van der Waals surface area contributed by atoms with Crippen LogP contribution in [0.1, 0.15) is 30.8 Å². The number of rotatable bonds is 6. The highest BCUT2D eigenvalue weighted by Gasteiger charge is 2.33. The molecule has 0 spiro atoms. The minimum Gasteiger partial charge on any atom is -0.465 e. The molecule has 2 amide bonds. The number of hydrogen-bond donors (Lipinski definition) is 1. The first-order chi connectivity index (χ1) is 12.5. The van der Waals surface area contributed by atoms with Crippen molar-refractivity contribution >= 4 is 11.8 Å². The van der Waals surface area contributed by atoms with E-state index in [0.29, 0.717) is 25.6 Å². The average molecular weight is 363 g/mol. The average Bonchev–Trinajstić information content (AvgIpc) is 3.03. The monoisotopic (exact) mass is 363 g/mol. The summed E-state index contributed by atoms with van der Waals surface area (Å²) in [6.45, 7) is 6.03. The number of hydrogen-bond acceptors (Lipinski definition) is 5. The van der Waals surface area contributed by atoms with Gasteiger partial charge in [0.1, 0.15) is 11.5 Å². The van der Waals surface area contributed by atoms with Gasteiger partial charge in [-0.3, -0.25) is 14.5 Å². The zero-order chi connectivity index (χ0) is 18.5. The first-order valence-electron chi connectivity index (χ1n) is 9.41. The van der Waals surface area contributed by atoms with Crippen LogP contribution >= 0.6 is 0 Å². The van der Waals surface area contributed by atoms with Crippen LogP contribution in [0, 0.1) is 12.8 Å². The molecule has 2 aliphatic rings. The summed E-state index contributed by atoms with van der Waals surface area (Å²) >= 11 is 0. The molecular weight excluding hydrogens is 334 g/mol. The lowest BCUT2D eigenvalue weighted by atomic mass is 9.99. The van der Waals surface area contributed by atoms with Crippen molar-refractivity contribution in [1.29, 1.82) is 0 Å². The van der Waals surface area contributed by atoms with Gasteiger partial charge in [0.15, 0.2) is 0 Å². The Morgan fingerprint density at radius 2 is 2.12 bits per heavy atom. The van der Waals surface area contributed by atoms with Crippen molar-refractivity contribution in [1.82, 2.24) is 15.1 Å². The van der Waals surface area contributed by atoms with E-state index in [1.165, 1.54) is 0 Å². The molecule has 0 aromatic carbocycles. The molecule has 2 aliphatic heterocycles. The fraction of sp³-hybridized carbons (Fsp3) is 0.684. The standard InChI is InChI=1S/C19H29N3O4/c1-14-3-4-16(26-14)13-22-8-7-20-19(24)17(22)11-18(23)21(2)12-15-5-9-25-10-6-15/h3-4,15,17H,5-13H2,1-2H3,(H,20,24)/t17-/m1/s1. The van der Waals surface area contributed by atoms with Crippen molar-refractivity contribution in [2.24, 2.45) is 5.92 Å². The van der Waals surface area contributed by atoms with Crippen LogP contribution in [-0.2, 0) is 20.9 Å². The molecule has 1 aromatic rings. The molecule has 3 heterocycles. The minimum absolute atomic E-state index is 0.0131. The number of furan rings is 1. The van der Waals surface area contributed by atoms with Crippen molar-refractivity contribution in [3.05, 3.63) is 23.7 Å². The molecule has 26 heavy (non-hydrogen) atoms. The normalized spacial score (nSPS) is 22.2. The van der Waals surface area contributed by atoms with Crippen LogP contribution in [0.5, 0.6) is 0 Å². The topological polar surface area (TPSA) is 75.0 Å². The van der Waals surface area contributed by atoms with Gasteiger partial charge in [-0.25, -0.2) is 0 Å². The van der Waals surface area contributed by atoms with Crippen LogP contribution in [0.4, 0.5) is 0 Å². The van der Waals surface area contributed by atoms with Crippen LogP contribution in [0.3, 0.4) is 0 Å². The second kappa shape index (κ2) is 8.68. The highest BCUT2D eigenvalue weighted by molar-refractivity contribution is 5.88. The highest BCUT2D eigenvalue weighted by Crippen LogP contribution is 2.19. The van der Waals surface area contributed by atoms with E-state index in [1.807, 2.05) is 31.0 Å². The van der Waals surface area contributed by atoms with Gasteiger partial charge in [-0.15, -0.1) is 0 Å². The van der Waals surface area contributed by atoms with Gasteiger partial charge < -0.3 is 19.4 Å². The minimum atomic E-state index is -0.446. The maximum Gasteiger partial charge on any atom is 0.237 e. The fourth-order valence-corrected chi connectivity index (χ4v) is 3.68. The predicted molar refractivity (Wildman–Crippen MR) is 96.4 cm³/mol. The highest BCUT2D eigenvalue weighted by atomic mass is 16.5. The fourth-order valence-electron chi connectivity index (χ4n) is 3.68. The summed E-state index contributed by atoms with van der Waals surface area (Å²) in [6.07, 6.45) is 2.18. The third-order valence-corrected chi connectivity index (χ3v) is 5.26. The summed E-state index contributed by atoms with van der Waals surface area (Å²) in [4.78, 5) is 28.9. The molecule has 2 fully saturated rings. The number of ether oxygens (including phenoxy) is 1.